The maximum absolute atomic E-state index is 12.6. The highest BCUT2D eigenvalue weighted by Gasteiger charge is 2.34. The number of likely N-dealkylation sites (tertiary alicyclic amines) is 2. The van der Waals surface area contributed by atoms with E-state index in [1.165, 1.54) is 0 Å². The van der Waals surface area contributed by atoms with Crippen LogP contribution in [-0.2, 0) is 16.1 Å². The van der Waals surface area contributed by atoms with Gasteiger partial charge in [0, 0.05) is 58.1 Å². The zero-order valence-electron chi connectivity index (χ0n) is 17.1. The van der Waals surface area contributed by atoms with E-state index in [9.17, 15) is 14.7 Å². The Hall–Kier alpha value is -1.93. The fraction of sp³-hybridized carbons (Fsp3) is 0.750. The van der Waals surface area contributed by atoms with Gasteiger partial charge in [0.15, 0.2) is 0 Å². The second-order valence-electron chi connectivity index (χ2n) is 8.31. The van der Waals surface area contributed by atoms with Crippen molar-refractivity contribution in [3.63, 3.8) is 0 Å². The molecular weight excluding hydrogens is 358 g/mol. The van der Waals surface area contributed by atoms with Gasteiger partial charge in [-0.3, -0.25) is 9.59 Å². The predicted molar refractivity (Wildman–Crippen MR) is 106 cm³/mol. The maximum atomic E-state index is 12.6. The fourth-order valence-electron chi connectivity index (χ4n) is 4.34. The highest BCUT2D eigenvalue weighted by Crippen LogP contribution is 2.25. The molecule has 8 heteroatoms. The number of aromatic nitrogens is 2. The number of rotatable bonds is 5. The van der Waals surface area contributed by atoms with Gasteiger partial charge in [0.1, 0.15) is 12.4 Å². The van der Waals surface area contributed by atoms with Crippen LogP contribution in [0.4, 0.5) is 0 Å². The summed E-state index contributed by atoms with van der Waals surface area (Å²) in [5.74, 6) is 0.945. The van der Waals surface area contributed by atoms with Crippen molar-refractivity contribution in [2.75, 3.05) is 32.7 Å². The van der Waals surface area contributed by atoms with Crippen molar-refractivity contribution in [1.82, 2.24) is 24.7 Å². The van der Waals surface area contributed by atoms with E-state index in [0.29, 0.717) is 39.0 Å². The molecule has 2 fully saturated rings. The van der Waals surface area contributed by atoms with Gasteiger partial charge < -0.3 is 24.8 Å². The SMILES string of the molecule is CC(=O)NC1CCN(CC2(O)CCCN(C(=O)Cn3ccnc3C)CC2)CC1. The Morgan fingerprint density at radius 2 is 2.00 bits per heavy atom. The Labute approximate surface area is 166 Å². The minimum absolute atomic E-state index is 0.0245. The lowest BCUT2D eigenvalue weighted by Crippen LogP contribution is -2.50. The molecule has 8 nitrogen and oxygen atoms in total. The molecule has 1 atom stereocenters. The largest absolute Gasteiger partial charge is 0.388 e. The number of nitrogens with zero attached hydrogens (tertiary/aromatic N) is 4. The molecule has 2 N–H and O–H groups in total. The lowest BCUT2D eigenvalue weighted by atomic mass is 9.93. The standard InChI is InChI=1S/C20H33N5O3/c1-16-21-8-13-25(16)14-19(27)24-9-3-6-20(28,7-12-24)15-23-10-4-18(5-11-23)22-17(2)26/h8,13,18,28H,3-7,9-12,14-15H2,1-2H3,(H,22,26). The summed E-state index contributed by atoms with van der Waals surface area (Å²) in [6.07, 6.45) is 7.51. The lowest BCUT2D eigenvalue weighted by molar-refractivity contribution is -0.132. The number of hydrogen-bond acceptors (Lipinski definition) is 5. The highest BCUT2D eigenvalue weighted by molar-refractivity contribution is 5.76. The van der Waals surface area contributed by atoms with Crippen molar-refractivity contribution in [3.8, 4) is 0 Å². The van der Waals surface area contributed by atoms with Gasteiger partial charge in [-0.05, 0) is 39.0 Å². The number of aryl methyl sites for hydroxylation is 1. The Morgan fingerprint density at radius 1 is 1.25 bits per heavy atom. The third-order valence-corrected chi connectivity index (χ3v) is 6.01. The van der Waals surface area contributed by atoms with Gasteiger partial charge in [-0.2, -0.15) is 0 Å². The van der Waals surface area contributed by atoms with Crippen LogP contribution in [0.2, 0.25) is 0 Å². The third kappa shape index (κ3) is 5.54. The molecule has 0 radical (unpaired) electrons. The molecule has 1 aromatic heterocycles. The molecule has 2 aliphatic rings. The first-order chi connectivity index (χ1) is 13.3. The molecule has 0 aromatic carbocycles. The predicted octanol–water partition coefficient (Wildman–Crippen LogP) is 0.536. The van der Waals surface area contributed by atoms with E-state index in [4.69, 9.17) is 0 Å². The molecule has 0 aliphatic carbocycles. The monoisotopic (exact) mass is 391 g/mol. The van der Waals surface area contributed by atoms with Gasteiger partial charge >= 0.3 is 0 Å². The molecule has 3 heterocycles. The van der Waals surface area contributed by atoms with Crippen LogP contribution in [-0.4, -0.2) is 80.6 Å². The molecule has 28 heavy (non-hydrogen) atoms. The molecule has 2 saturated heterocycles. The second kappa shape index (κ2) is 9.05. The number of nitrogens with one attached hydrogen (secondary N) is 1. The number of piperidine rings is 1. The van der Waals surface area contributed by atoms with Gasteiger partial charge in [-0.15, -0.1) is 0 Å². The summed E-state index contributed by atoms with van der Waals surface area (Å²) in [5.41, 5.74) is -0.749. The molecule has 0 spiro atoms. The summed E-state index contributed by atoms with van der Waals surface area (Å²) in [7, 11) is 0. The van der Waals surface area contributed by atoms with E-state index in [2.05, 4.69) is 15.2 Å². The first kappa shape index (κ1) is 20.8. The Kier molecular flexibility index (Phi) is 6.72. The number of amides is 2. The Bertz CT molecular complexity index is 683. The Morgan fingerprint density at radius 3 is 2.64 bits per heavy atom. The number of aliphatic hydroxyl groups is 1. The molecular formula is C20H33N5O3. The number of imidazole rings is 1. The van der Waals surface area contributed by atoms with Crippen LogP contribution in [0.1, 0.15) is 44.9 Å². The summed E-state index contributed by atoms with van der Waals surface area (Å²) in [5, 5.41) is 14.1. The van der Waals surface area contributed by atoms with Gasteiger partial charge in [0.25, 0.3) is 0 Å². The number of hydrogen-bond donors (Lipinski definition) is 2. The van der Waals surface area contributed by atoms with Crippen molar-refractivity contribution in [1.29, 1.82) is 0 Å². The van der Waals surface area contributed by atoms with Gasteiger partial charge in [-0.25, -0.2) is 4.98 Å². The van der Waals surface area contributed by atoms with E-state index in [0.717, 1.165) is 38.2 Å². The summed E-state index contributed by atoms with van der Waals surface area (Å²) >= 11 is 0. The maximum Gasteiger partial charge on any atom is 0.242 e. The van der Waals surface area contributed by atoms with Crippen molar-refractivity contribution in [3.05, 3.63) is 18.2 Å². The second-order valence-corrected chi connectivity index (χ2v) is 8.31. The van der Waals surface area contributed by atoms with Crippen LogP contribution in [0.3, 0.4) is 0 Å². The average molecular weight is 392 g/mol. The Balaban J connectivity index is 1.48. The summed E-state index contributed by atoms with van der Waals surface area (Å²) < 4.78 is 1.86. The molecule has 2 amide bonds. The smallest absolute Gasteiger partial charge is 0.242 e. The lowest BCUT2D eigenvalue weighted by Gasteiger charge is -2.38. The molecule has 3 rings (SSSR count). The first-order valence-electron chi connectivity index (χ1n) is 10.3. The van der Waals surface area contributed by atoms with Gasteiger partial charge in [0.2, 0.25) is 11.8 Å². The van der Waals surface area contributed by atoms with E-state index in [1.807, 2.05) is 22.6 Å². The van der Waals surface area contributed by atoms with Crippen molar-refractivity contribution >= 4 is 11.8 Å². The van der Waals surface area contributed by atoms with Crippen LogP contribution in [0.5, 0.6) is 0 Å². The highest BCUT2D eigenvalue weighted by atomic mass is 16.3. The molecule has 2 aliphatic heterocycles. The van der Waals surface area contributed by atoms with Gasteiger partial charge in [0.05, 0.1) is 5.60 Å². The first-order valence-corrected chi connectivity index (χ1v) is 10.3. The van der Waals surface area contributed by atoms with E-state index >= 15 is 0 Å². The summed E-state index contributed by atoms with van der Waals surface area (Å²) in [6.45, 7) is 7.45. The van der Waals surface area contributed by atoms with Crippen LogP contribution in [0.25, 0.3) is 0 Å². The van der Waals surface area contributed by atoms with Crippen molar-refractivity contribution in [2.24, 2.45) is 0 Å². The van der Waals surface area contributed by atoms with E-state index in [-0.39, 0.29) is 17.9 Å². The van der Waals surface area contributed by atoms with Crippen LogP contribution >= 0.6 is 0 Å². The average Bonchev–Trinajstić information content (AvgIpc) is 2.93. The fourth-order valence-corrected chi connectivity index (χ4v) is 4.34. The molecule has 1 aromatic rings. The zero-order valence-corrected chi connectivity index (χ0v) is 17.1. The van der Waals surface area contributed by atoms with Crippen molar-refractivity contribution < 1.29 is 14.7 Å². The van der Waals surface area contributed by atoms with Crippen LogP contribution in [0.15, 0.2) is 12.4 Å². The quantitative estimate of drug-likeness (QED) is 0.764. The van der Waals surface area contributed by atoms with Crippen LogP contribution in [0, 0.1) is 6.92 Å². The molecule has 1 unspecified atom stereocenters. The summed E-state index contributed by atoms with van der Waals surface area (Å²) in [4.78, 5) is 32.2. The molecule has 0 bridgehead atoms. The molecule has 0 saturated carbocycles. The normalized spacial score (nSPS) is 24.8. The number of carbonyl (C=O) groups is 2. The number of β-amino-alcohol motifs (C(OH)–C–C–N with tert-alkyl or cyclic N) is 1. The topological polar surface area (TPSA) is 90.7 Å². The summed E-state index contributed by atoms with van der Waals surface area (Å²) in [6, 6.07) is 0.247. The minimum Gasteiger partial charge on any atom is -0.388 e. The minimum atomic E-state index is -0.749. The zero-order chi connectivity index (χ0) is 20.1. The number of carbonyl (C=O) groups excluding carboxylic acids is 2. The van der Waals surface area contributed by atoms with Crippen LogP contribution < -0.4 is 5.32 Å². The molecule has 156 valence electrons. The van der Waals surface area contributed by atoms with E-state index in [1.54, 1.807) is 13.1 Å². The van der Waals surface area contributed by atoms with E-state index < -0.39 is 5.60 Å². The van der Waals surface area contributed by atoms with Crippen molar-refractivity contribution in [2.45, 2.75) is 64.1 Å². The third-order valence-electron chi connectivity index (χ3n) is 6.01. The van der Waals surface area contributed by atoms with Gasteiger partial charge in [-0.1, -0.05) is 0 Å².